The van der Waals surface area contributed by atoms with Crippen molar-refractivity contribution in [3.8, 4) is 11.8 Å². The Morgan fingerprint density at radius 2 is 2.11 bits per heavy atom. The third kappa shape index (κ3) is 2.65. The third-order valence-corrected chi connectivity index (χ3v) is 2.30. The summed E-state index contributed by atoms with van der Waals surface area (Å²) in [7, 11) is 1.57. The lowest BCUT2D eigenvalue weighted by Gasteiger charge is -2.08. The number of hydrogen-bond donors (Lipinski definition) is 1. The molecular weight excluding hydrogens is 237 g/mol. The number of benzene rings is 1. The Kier molecular flexibility index (Phi) is 3.57. The van der Waals surface area contributed by atoms with E-state index in [1.165, 1.54) is 0 Å². The number of anilines is 1. The van der Waals surface area contributed by atoms with Crippen LogP contribution in [-0.2, 0) is 6.61 Å². The number of halogens is 1. The number of para-hydroxylation sites is 1. The minimum absolute atomic E-state index is 0.0276. The number of methoxy groups -OCH3 is 1. The summed E-state index contributed by atoms with van der Waals surface area (Å²) < 4.78 is 23.3. The second-order valence-corrected chi connectivity index (χ2v) is 3.49. The van der Waals surface area contributed by atoms with Crippen LogP contribution < -0.4 is 15.2 Å². The molecule has 5 nitrogen and oxygen atoms in total. The molecule has 0 spiro atoms. The van der Waals surface area contributed by atoms with E-state index in [1.807, 2.05) is 24.3 Å². The molecule has 0 radical (unpaired) electrons. The summed E-state index contributed by atoms with van der Waals surface area (Å²) in [5.41, 5.74) is 6.15. The highest BCUT2D eigenvalue weighted by atomic mass is 19.1. The van der Waals surface area contributed by atoms with Crippen LogP contribution in [-0.4, -0.2) is 17.1 Å². The maximum atomic E-state index is 12.9. The van der Waals surface area contributed by atoms with Crippen LogP contribution in [0.5, 0.6) is 11.8 Å². The fourth-order valence-electron chi connectivity index (χ4n) is 1.40. The van der Waals surface area contributed by atoms with E-state index in [2.05, 4.69) is 9.97 Å². The van der Waals surface area contributed by atoms with Crippen LogP contribution in [0, 0.1) is 5.82 Å². The van der Waals surface area contributed by atoms with Gasteiger partial charge in [0.15, 0.2) is 11.6 Å². The van der Waals surface area contributed by atoms with Gasteiger partial charge in [-0.15, -0.1) is 0 Å². The topological polar surface area (TPSA) is 70.3 Å². The maximum Gasteiger partial charge on any atom is 0.318 e. The van der Waals surface area contributed by atoms with Crippen LogP contribution >= 0.6 is 0 Å². The summed E-state index contributed by atoms with van der Waals surface area (Å²) in [6, 6.07) is 7.42. The van der Waals surface area contributed by atoms with Gasteiger partial charge in [0.05, 0.1) is 13.3 Å². The Hall–Kier alpha value is -2.37. The first-order valence-corrected chi connectivity index (χ1v) is 5.23. The Balaban J connectivity index is 2.09. The van der Waals surface area contributed by atoms with Gasteiger partial charge in [-0.1, -0.05) is 18.2 Å². The quantitative estimate of drug-likeness (QED) is 0.894. The van der Waals surface area contributed by atoms with Gasteiger partial charge in [0.25, 0.3) is 0 Å². The van der Waals surface area contributed by atoms with Gasteiger partial charge in [-0.05, 0) is 6.07 Å². The molecule has 1 heterocycles. The molecule has 1 aromatic heterocycles. The van der Waals surface area contributed by atoms with Crippen molar-refractivity contribution in [1.82, 2.24) is 9.97 Å². The lowest BCUT2D eigenvalue weighted by Crippen LogP contribution is -2.04. The zero-order valence-corrected chi connectivity index (χ0v) is 9.76. The van der Waals surface area contributed by atoms with Crippen molar-refractivity contribution >= 4 is 5.82 Å². The van der Waals surface area contributed by atoms with Crippen molar-refractivity contribution in [3.05, 3.63) is 41.8 Å². The number of rotatable bonds is 4. The van der Waals surface area contributed by atoms with Crippen molar-refractivity contribution in [3.63, 3.8) is 0 Å². The van der Waals surface area contributed by atoms with E-state index in [0.29, 0.717) is 5.75 Å². The summed E-state index contributed by atoms with van der Waals surface area (Å²) in [6.07, 6.45) is 0.972. The molecule has 2 N–H and O–H groups in total. The summed E-state index contributed by atoms with van der Waals surface area (Å²) in [4.78, 5) is 7.35. The molecule has 6 heteroatoms. The monoisotopic (exact) mass is 249 g/mol. The van der Waals surface area contributed by atoms with Crippen LogP contribution in [0.2, 0.25) is 0 Å². The molecule has 0 aliphatic rings. The molecule has 0 fully saturated rings. The van der Waals surface area contributed by atoms with Crippen LogP contribution in [0.4, 0.5) is 10.2 Å². The van der Waals surface area contributed by atoms with Crippen LogP contribution in [0.25, 0.3) is 0 Å². The number of hydrogen-bond acceptors (Lipinski definition) is 5. The number of nitrogens with zero attached hydrogens (tertiary/aromatic N) is 2. The van der Waals surface area contributed by atoms with Gasteiger partial charge in [0, 0.05) is 5.56 Å². The first-order valence-electron chi connectivity index (χ1n) is 5.23. The molecule has 0 unspecified atom stereocenters. The van der Waals surface area contributed by atoms with Crippen molar-refractivity contribution in [1.29, 1.82) is 0 Å². The highest BCUT2D eigenvalue weighted by Gasteiger charge is 2.06. The van der Waals surface area contributed by atoms with E-state index in [1.54, 1.807) is 7.11 Å². The van der Waals surface area contributed by atoms with Crippen molar-refractivity contribution in [2.45, 2.75) is 6.61 Å². The summed E-state index contributed by atoms with van der Waals surface area (Å²) in [6.45, 7) is 0.217. The summed E-state index contributed by atoms with van der Waals surface area (Å²) >= 11 is 0. The molecule has 0 saturated carbocycles. The van der Waals surface area contributed by atoms with Gasteiger partial charge in [-0.25, -0.2) is 9.37 Å². The molecule has 2 rings (SSSR count). The van der Waals surface area contributed by atoms with Gasteiger partial charge in [-0.3, -0.25) is 0 Å². The molecule has 0 aliphatic heterocycles. The Labute approximate surface area is 103 Å². The van der Waals surface area contributed by atoms with Gasteiger partial charge >= 0.3 is 6.01 Å². The number of nitrogens with two attached hydrogens (primary N) is 1. The van der Waals surface area contributed by atoms with E-state index in [4.69, 9.17) is 15.2 Å². The molecule has 18 heavy (non-hydrogen) atoms. The second kappa shape index (κ2) is 5.31. The zero-order valence-electron chi connectivity index (χ0n) is 9.76. The molecule has 2 aromatic rings. The standard InChI is InChI=1S/C12H12FN3O2/c1-17-10-5-3-2-4-8(10)7-18-12-15-6-9(13)11(14)16-12/h2-6H,7H2,1H3,(H2,14,15,16). The van der Waals surface area contributed by atoms with Crippen LogP contribution in [0.1, 0.15) is 5.56 Å². The minimum atomic E-state index is -0.667. The lowest BCUT2D eigenvalue weighted by atomic mass is 10.2. The molecule has 0 aliphatic carbocycles. The summed E-state index contributed by atoms with van der Waals surface area (Å²) in [5, 5.41) is 0. The average molecular weight is 249 g/mol. The Morgan fingerprint density at radius 1 is 1.33 bits per heavy atom. The first kappa shape index (κ1) is 12.1. The minimum Gasteiger partial charge on any atom is -0.496 e. The molecular formula is C12H12FN3O2. The van der Waals surface area contributed by atoms with Crippen LogP contribution in [0.3, 0.4) is 0 Å². The lowest BCUT2D eigenvalue weighted by molar-refractivity contribution is 0.273. The van der Waals surface area contributed by atoms with Crippen LogP contribution in [0.15, 0.2) is 30.5 Å². The van der Waals surface area contributed by atoms with Gasteiger partial charge in [0.2, 0.25) is 0 Å². The Bertz CT molecular complexity index is 549. The third-order valence-electron chi connectivity index (χ3n) is 2.30. The van der Waals surface area contributed by atoms with Crippen molar-refractivity contribution in [2.75, 3.05) is 12.8 Å². The predicted molar refractivity (Wildman–Crippen MR) is 63.7 cm³/mol. The molecule has 0 saturated heterocycles. The van der Waals surface area contributed by atoms with E-state index in [9.17, 15) is 4.39 Å². The maximum absolute atomic E-state index is 12.9. The number of nitrogen functional groups attached to an aromatic ring is 1. The van der Waals surface area contributed by atoms with Crippen molar-refractivity contribution in [2.24, 2.45) is 0 Å². The van der Waals surface area contributed by atoms with E-state index >= 15 is 0 Å². The predicted octanol–water partition coefficient (Wildman–Crippen LogP) is 1.79. The van der Waals surface area contributed by atoms with E-state index in [0.717, 1.165) is 11.8 Å². The molecule has 0 amide bonds. The molecule has 0 bridgehead atoms. The van der Waals surface area contributed by atoms with E-state index in [-0.39, 0.29) is 18.4 Å². The van der Waals surface area contributed by atoms with Crippen molar-refractivity contribution < 1.29 is 13.9 Å². The Morgan fingerprint density at radius 3 is 2.83 bits per heavy atom. The van der Waals surface area contributed by atoms with Gasteiger partial charge in [-0.2, -0.15) is 4.98 Å². The largest absolute Gasteiger partial charge is 0.496 e. The fourth-order valence-corrected chi connectivity index (χ4v) is 1.40. The van der Waals surface area contributed by atoms with Gasteiger partial charge < -0.3 is 15.2 Å². The average Bonchev–Trinajstić information content (AvgIpc) is 2.40. The molecule has 0 atom stereocenters. The first-order chi connectivity index (χ1) is 8.70. The number of ether oxygens (including phenoxy) is 2. The molecule has 94 valence electrons. The van der Waals surface area contributed by atoms with Gasteiger partial charge in [0.1, 0.15) is 12.4 Å². The van der Waals surface area contributed by atoms with E-state index < -0.39 is 5.82 Å². The smallest absolute Gasteiger partial charge is 0.318 e. The highest BCUT2D eigenvalue weighted by Crippen LogP contribution is 2.19. The summed E-state index contributed by atoms with van der Waals surface area (Å²) in [5.74, 6) is -0.202. The molecule has 1 aromatic carbocycles. The normalized spacial score (nSPS) is 10.1. The number of aromatic nitrogens is 2. The SMILES string of the molecule is COc1ccccc1COc1ncc(F)c(N)n1. The fraction of sp³-hybridized carbons (Fsp3) is 0.167. The second-order valence-electron chi connectivity index (χ2n) is 3.49. The highest BCUT2D eigenvalue weighted by molar-refractivity contribution is 5.33. The zero-order chi connectivity index (χ0) is 13.0.